The smallest absolute Gasteiger partial charge is 0.279 e. The van der Waals surface area contributed by atoms with Crippen LogP contribution >= 0.6 is 15.9 Å². The number of hydrogen-bond acceptors (Lipinski definition) is 2. The Hall–Kier alpha value is -2.18. The maximum absolute atomic E-state index is 13.4. The minimum atomic E-state index is -0.288. The van der Waals surface area contributed by atoms with Gasteiger partial charge in [0.2, 0.25) is 5.91 Å². The Morgan fingerprint density at radius 3 is 2.61 bits per heavy atom. The number of fused-ring (bicyclic) bond motifs is 1. The van der Waals surface area contributed by atoms with E-state index in [1.54, 1.807) is 4.90 Å². The molecule has 0 aliphatic carbocycles. The average molecular weight is 443 g/mol. The molecule has 0 saturated carbocycles. The highest BCUT2D eigenvalue weighted by Gasteiger charge is 2.35. The summed E-state index contributed by atoms with van der Waals surface area (Å²) < 4.78 is 0.928. The molecule has 4 rings (SSSR count). The fourth-order valence-corrected chi connectivity index (χ4v) is 4.63. The normalized spacial score (nSPS) is 20.2. The van der Waals surface area contributed by atoms with Crippen molar-refractivity contribution in [3.8, 4) is 0 Å². The predicted octanol–water partition coefficient (Wildman–Crippen LogP) is 2.39. The number of rotatable bonds is 3. The summed E-state index contributed by atoms with van der Waals surface area (Å²) in [6, 6.07) is 15.5. The summed E-state index contributed by atoms with van der Waals surface area (Å²) in [6.45, 7) is 2.58. The van der Waals surface area contributed by atoms with Crippen molar-refractivity contribution in [3.05, 3.63) is 64.1 Å². The largest absolute Gasteiger partial charge is 0.327 e. The summed E-state index contributed by atoms with van der Waals surface area (Å²) in [6.07, 6.45) is 3.58. The summed E-state index contributed by atoms with van der Waals surface area (Å²) in [5, 5.41) is 2.98. The number of halogens is 1. The molecule has 2 N–H and O–H groups in total. The number of hydrogen-bond donors (Lipinski definition) is 2. The quantitative estimate of drug-likeness (QED) is 0.766. The number of amides is 2. The van der Waals surface area contributed by atoms with Gasteiger partial charge in [0.05, 0.1) is 19.1 Å². The molecule has 2 aliphatic rings. The first kappa shape index (κ1) is 19.2. The van der Waals surface area contributed by atoms with Gasteiger partial charge in [0.1, 0.15) is 6.54 Å². The van der Waals surface area contributed by atoms with Crippen LogP contribution in [-0.4, -0.2) is 42.9 Å². The SMILES string of the molecule is O=C1CN(C(=O)C[NH+]2CCCCC2)C(c2ccccc2)c2cc(Br)ccc2N1. The molecule has 2 aliphatic heterocycles. The zero-order valence-electron chi connectivity index (χ0n) is 15.8. The zero-order chi connectivity index (χ0) is 19.5. The number of likely N-dealkylation sites (tertiary alicyclic amines) is 1. The summed E-state index contributed by atoms with van der Waals surface area (Å²) in [5.41, 5.74) is 2.72. The van der Waals surface area contributed by atoms with Crippen LogP contribution in [0, 0.1) is 0 Å². The molecule has 0 radical (unpaired) electrons. The van der Waals surface area contributed by atoms with E-state index >= 15 is 0 Å². The van der Waals surface area contributed by atoms with Gasteiger partial charge in [0.25, 0.3) is 5.91 Å². The van der Waals surface area contributed by atoms with Crippen LogP contribution in [0.2, 0.25) is 0 Å². The molecule has 6 heteroatoms. The molecule has 2 aromatic carbocycles. The van der Waals surface area contributed by atoms with Crippen molar-refractivity contribution < 1.29 is 14.5 Å². The van der Waals surface area contributed by atoms with Gasteiger partial charge in [-0.15, -0.1) is 0 Å². The lowest BCUT2D eigenvalue weighted by Crippen LogP contribution is -3.13. The fourth-order valence-electron chi connectivity index (χ4n) is 4.25. The van der Waals surface area contributed by atoms with Crippen molar-refractivity contribution in [2.24, 2.45) is 0 Å². The molecule has 28 heavy (non-hydrogen) atoms. The predicted molar refractivity (Wildman–Crippen MR) is 112 cm³/mol. The van der Waals surface area contributed by atoms with E-state index in [0.717, 1.165) is 34.4 Å². The van der Waals surface area contributed by atoms with Gasteiger partial charge in [-0.2, -0.15) is 0 Å². The van der Waals surface area contributed by atoms with Crippen LogP contribution < -0.4 is 10.2 Å². The number of anilines is 1. The van der Waals surface area contributed by atoms with E-state index in [2.05, 4.69) is 21.2 Å². The molecule has 1 atom stereocenters. The van der Waals surface area contributed by atoms with Gasteiger partial charge in [-0.1, -0.05) is 46.3 Å². The summed E-state index contributed by atoms with van der Waals surface area (Å²) >= 11 is 3.55. The maximum Gasteiger partial charge on any atom is 0.279 e. The van der Waals surface area contributed by atoms with Crippen LogP contribution in [0.3, 0.4) is 0 Å². The molecule has 2 amide bonds. The lowest BCUT2D eigenvalue weighted by atomic mass is 9.96. The Bertz CT molecular complexity index is 865. The number of piperidine rings is 1. The molecule has 5 nitrogen and oxygen atoms in total. The van der Waals surface area contributed by atoms with E-state index in [4.69, 9.17) is 0 Å². The molecule has 0 bridgehead atoms. The second-order valence-electron chi connectivity index (χ2n) is 7.60. The number of nitrogens with one attached hydrogen (secondary N) is 2. The van der Waals surface area contributed by atoms with Gasteiger partial charge in [0.15, 0.2) is 6.54 Å². The van der Waals surface area contributed by atoms with E-state index in [1.165, 1.54) is 24.2 Å². The average Bonchev–Trinajstić information content (AvgIpc) is 2.85. The first-order valence-corrected chi connectivity index (χ1v) is 10.7. The fraction of sp³-hybridized carbons (Fsp3) is 0.364. The molecular formula is C22H25BrN3O2+. The Labute approximate surface area is 173 Å². The Morgan fingerprint density at radius 2 is 1.86 bits per heavy atom. The van der Waals surface area contributed by atoms with Gasteiger partial charge in [-0.3, -0.25) is 9.59 Å². The topological polar surface area (TPSA) is 53.9 Å². The van der Waals surface area contributed by atoms with Gasteiger partial charge in [-0.25, -0.2) is 0 Å². The summed E-state index contributed by atoms with van der Waals surface area (Å²) in [4.78, 5) is 29.0. The lowest BCUT2D eigenvalue weighted by Gasteiger charge is -2.32. The number of nitrogens with zero attached hydrogens (tertiary/aromatic N) is 1. The van der Waals surface area contributed by atoms with Crippen LogP contribution in [0.1, 0.15) is 36.4 Å². The molecule has 2 aromatic rings. The Kier molecular flexibility index (Phi) is 5.78. The third-order valence-corrected chi connectivity index (χ3v) is 6.10. The maximum atomic E-state index is 13.4. The van der Waals surface area contributed by atoms with Crippen LogP contribution in [0.4, 0.5) is 5.69 Å². The zero-order valence-corrected chi connectivity index (χ0v) is 17.4. The van der Waals surface area contributed by atoms with Crippen LogP contribution in [0.25, 0.3) is 0 Å². The van der Waals surface area contributed by atoms with Crippen molar-refractivity contribution in [1.29, 1.82) is 0 Å². The lowest BCUT2D eigenvalue weighted by molar-refractivity contribution is -0.897. The number of carbonyl (C=O) groups is 2. The van der Waals surface area contributed by atoms with Crippen LogP contribution in [0.15, 0.2) is 53.0 Å². The van der Waals surface area contributed by atoms with Crippen molar-refractivity contribution in [2.45, 2.75) is 25.3 Å². The highest BCUT2D eigenvalue weighted by Crippen LogP contribution is 2.37. The molecule has 1 saturated heterocycles. The second kappa shape index (κ2) is 8.45. The summed E-state index contributed by atoms with van der Waals surface area (Å²) in [7, 11) is 0. The minimum Gasteiger partial charge on any atom is -0.327 e. The van der Waals surface area contributed by atoms with E-state index in [9.17, 15) is 9.59 Å². The molecule has 1 unspecified atom stereocenters. The van der Waals surface area contributed by atoms with Crippen molar-refractivity contribution in [3.63, 3.8) is 0 Å². The minimum absolute atomic E-state index is 0.0359. The van der Waals surface area contributed by atoms with E-state index in [1.807, 2.05) is 48.5 Å². The van der Waals surface area contributed by atoms with Crippen molar-refractivity contribution >= 4 is 33.4 Å². The van der Waals surface area contributed by atoms with Gasteiger partial charge < -0.3 is 15.1 Å². The molecular weight excluding hydrogens is 418 g/mol. The standard InChI is InChI=1S/C22H24BrN3O2/c23-17-9-10-19-18(13-17)22(16-7-3-1-4-8-16)26(14-20(27)24-19)21(28)15-25-11-5-2-6-12-25/h1,3-4,7-10,13,22H,2,5-6,11-12,14-15H2,(H,24,27)/p+1. The Morgan fingerprint density at radius 1 is 1.11 bits per heavy atom. The van der Waals surface area contributed by atoms with E-state index < -0.39 is 0 Å². The third kappa shape index (κ3) is 4.13. The van der Waals surface area contributed by atoms with E-state index in [-0.39, 0.29) is 24.4 Å². The van der Waals surface area contributed by atoms with Gasteiger partial charge in [-0.05, 0) is 43.0 Å². The molecule has 0 spiro atoms. The number of carbonyl (C=O) groups excluding carboxylic acids is 2. The molecule has 1 fully saturated rings. The molecule has 146 valence electrons. The Balaban J connectivity index is 1.73. The monoisotopic (exact) mass is 442 g/mol. The first-order valence-electron chi connectivity index (χ1n) is 9.89. The highest BCUT2D eigenvalue weighted by molar-refractivity contribution is 9.10. The number of benzene rings is 2. The van der Waals surface area contributed by atoms with Crippen LogP contribution in [0.5, 0.6) is 0 Å². The molecule has 0 aromatic heterocycles. The van der Waals surface area contributed by atoms with Crippen molar-refractivity contribution in [2.75, 3.05) is 31.5 Å². The highest BCUT2D eigenvalue weighted by atomic mass is 79.9. The van der Waals surface area contributed by atoms with Crippen LogP contribution in [-0.2, 0) is 9.59 Å². The number of quaternary nitrogens is 1. The first-order chi connectivity index (χ1) is 13.6. The van der Waals surface area contributed by atoms with Gasteiger partial charge >= 0.3 is 0 Å². The summed E-state index contributed by atoms with van der Waals surface area (Å²) in [5.74, 6) is -0.113. The third-order valence-electron chi connectivity index (χ3n) is 5.61. The molecule has 2 heterocycles. The van der Waals surface area contributed by atoms with Crippen molar-refractivity contribution in [1.82, 2.24) is 4.90 Å². The van der Waals surface area contributed by atoms with Gasteiger partial charge in [0, 0.05) is 15.7 Å². The van der Waals surface area contributed by atoms with E-state index in [0.29, 0.717) is 6.54 Å². The second-order valence-corrected chi connectivity index (χ2v) is 8.52.